The van der Waals surface area contributed by atoms with Crippen LogP contribution in [0, 0.1) is 6.92 Å². The van der Waals surface area contributed by atoms with Gasteiger partial charge in [-0.05, 0) is 29.9 Å². The molecule has 1 aliphatic rings. The van der Waals surface area contributed by atoms with E-state index in [9.17, 15) is 14.7 Å². The van der Waals surface area contributed by atoms with Gasteiger partial charge in [0, 0.05) is 6.54 Å². The average molecular weight is 399 g/mol. The summed E-state index contributed by atoms with van der Waals surface area (Å²) in [4.78, 5) is 25.7. The molecule has 1 amide bonds. The number of aliphatic carboxylic acids is 1. The maximum Gasteiger partial charge on any atom is 0.322 e. The number of carbonyl (C=O) groups is 2. The maximum absolute atomic E-state index is 12.4. The number of fused-ring (bicyclic) bond motifs is 1. The van der Waals surface area contributed by atoms with Gasteiger partial charge in [-0.2, -0.15) is 0 Å². The summed E-state index contributed by atoms with van der Waals surface area (Å²) in [5, 5.41) is 20.5. The molecule has 0 spiro atoms. The highest BCUT2D eigenvalue weighted by atomic mass is 16.4. The van der Waals surface area contributed by atoms with E-state index in [1.807, 2.05) is 0 Å². The molecule has 0 radical (unpaired) electrons. The molecule has 0 aliphatic carbocycles. The van der Waals surface area contributed by atoms with E-state index in [1.54, 1.807) is 16.4 Å². The third-order valence-electron chi connectivity index (χ3n) is 5.34. The Hall–Kier alpha value is -2.74. The van der Waals surface area contributed by atoms with E-state index in [1.165, 1.54) is 5.56 Å². The second-order valence-corrected chi connectivity index (χ2v) is 8.58. The molecule has 1 aliphatic heterocycles. The summed E-state index contributed by atoms with van der Waals surface area (Å²) in [5.41, 5.74) is 2.55. The van der Waals surface area contributed by atoms with Crippen LogP contribution < -0.4 is 5.32 Å². The number of aromatic nitrogens is 3. The number of amides is 1. The van der Waals surface area contributed by atoms with Gasteiger partial charge in [0.25, 0.3) is 0 Å². The Kier molecular flexibility index (Phi) is 6.02. The molecule has 0 fully saturated rings. The Morgan fingerprint density at radius 3 is 2.52 bits per heavy atom. The van der Waals surface area contributed by atoms with Crippen LogP contribution in [0.25, 0.3) is 0 Å². The first-order valence-corrected chi connectivity index (χ1v) is 9.87. The zero-order valence-corrected chi connectivity index (χ0v) is 17.5. The SMILES string of the molecule is Cc1nnc2n1CC(C(=O)O)N(CC(=O)NCCc1ccc(C(C)(C)C)cc1)C2. The van der Waals surface area contributed by atoms with Crippen molar-refractivity contribution < 1.29 is 14.7 Å². The van der Waals surface area contributed by atoms with E-state index in [0.29, 0.717) is 24.7 Å². The van der Waals surface area contributed by atoms with Gasteiger partial charge < -0.3 is 15.0 Å². The highest BCUT2D eigenvalue weighted by Crippen LogP contribution is 2.22. The summed E-state index contributed by atoms with van der Waals surface area (Å²) >= 11 is 0. The highest BCUT2D eigenvalue weighted by molar-refractivity contribution is 5.80. The zero-order chi connectivity index (χ0) is 21.2. The number of carbonyl (C=O) groups excluding carboxylic acids is 1. The maximum atomic E-state index is 12.4. The second-order valence-electron chi connectivity index (χ2n) is 8.58. The van der Waals surface area contributed by atoms with Crippen molar-refractivity contribution in [3.63, 3.8) is 0 Å². The monoisotopic (exact) mass is 399 g/mol. The Bertz CT molecular complexity index is 883. The average Bonchev–Trinajstić information content (AvgIpc) is 3.00. The second kappa shape index (κ2) is 8.32. The van der Waals surface area contributed by atoms with Gasteiger partial charge in [0.1, 0.15) is 17.7 Å². The molecule has 0 bridgehead atoms. The minimum Gasteiger partial charge on any atom is -0.480 e. The Labute approximate surface area is 170 Å². The number of carboxylic acids is 1. The molecule has 8 nitrogen and oxygen atoms in total. The smallest absolute Gasteiger partial charge is 0.322 e. The summed E-state index contributed by atoms with van der Waals surface area (Å²) in [7, 11) is 0. The molecule has 3 rings (SSSR count). The quantitative estimate of drug-likeness (QED) is 0.764. The van der Waals surface area contributed by atoms with Crippen molar-refractivity contribution in [1.82, 2.24) is 25.0 Å². The molecule has 2 aromatic rings. The first-order chi connectivity index (χ1) is 13.6. The Morgan fingerprint density at radius 2 is 1.90 bits per heavy atom. The minimum absolute atomic E-state index is 0.0197. The van der Waals surface area contributed by atoms with Gasteiger partial charge in [-0.25, -0.2) is 0 Å². The van der Waals surface area contributed by atoms with Crippen LogP contribution >= 0.6 is 0 Å². The largest absolute Gasteiger partial charge is 0.480 e. The van der Waals surface area contributed by atoms with Crippen molar-refractivity contribution >= 4 is 11.9 Å². The van der Waals surface area contributed by atoms with Crippen molar-refractivity contribution in [3.05, 3.63) is 47.0 Å². The molecule has 29 heavy (non-hydrogen) atoms. The number of benzene rings is 1. The molecule has 2 heterocycles. The molecular weight excluding hydrogens is 370 g/mol. The number of carboxylic acid groups (broad SMARTS) is 1. The summed E-state index contributed by atoms with van der Waals surface area (Å²) < 4.78 is 1.80. The predicted molar refractivity (Wildman–Crippen MR) is 108 cm³/mol. The van der Waals surface area contributed by atoms with Crippen molar-refractivity contribution in [2.45, 2.75) is 58.7 Å². The van der Waals surface area contributed by atoms with Crippen molar-refractivity contribution in [2.75, 3.05) is 13.1 Å². The van der Waals surface area contributed by atoms with Gasteiger partial charge in [0.15, 0.2) is 0 Å². The zero-order valence-electron chi connectivity index (χ0n) is 17.5. The summed E-state index contributed by atoms with van der Waals surface area (Å²) in [6, 6.07) is 7.66. The standard InChI is InChI=1S/C21H29N5O3/c1-14-23-24-18-12-25(17(20(28)29)11-26(14)18)13-19(27)22-10-9-15-5-7-16(8-6-15)21(2,3)4/h5-8,17H,9-13H2,1-4H3,(H,22,27)(H,28,29). The Morgan fingerprint density at radius 1 is 1.21 bits per heavy atom. The van der Waals surface area contributed by atoms with E-state index in [4.69, 9.17) is 0 Å². The van der Waals surface area contributed by atoms with E-state index < -0.39 is 12.0 Å². The number of nitrogens with zero attached hydrogens (tertiary/aromatic N) is 4. The molecule has 1 atom stereocenters. The first kappa shape index (κ1) is 21.0. The van der Waals surface area contributed by atoms with Crippen LogP contribution in [0.5, 0.6) is 0 Å². The van der Waals surface area contributed by atoms with Gasteiger partial charge in [0.05, 0.1) is 19.6 Å². The number of hydrogen-bond acceptors (Lipinski definition) is 5. The van der Waals surface area contributed by atoms with Gasteiger partial charge in [-0.1, -0.05) is 45.0 Å². The normalized spacial score (nSPS) is 17.0. The van der Waals surface area contributed by atoms with Gasteiger partial charge in [-0.15, -0.1) is 10.2 Å². The molecular formula is C21H29N5O3. The number of aryl methyl sites for hydroxylation is 1. The summed E-state index contributed by atoms with van der Waals surface area (Å²) in [5.74, 6) is 0.238. The van der Waals surface area contributed by atoms with E-state index in [-0.39, 0.29) is 24.4 Å². The molecule has 0 saturated carbocycles. The lowest BCUT2D eigenvalue weighted by atomic mass is 9.86. The van der Waals surface area contributed by atoms with E-state index in [0.717, 1.165) is 12.0 Å². The summed E-state index contributed by atoms with van der Waals surface area (Å²) in [6.45, 7) is 9.40. The van der Waals surface area contributed by atoms with Crippen LogP contribution in [0.15, 0.2) is 24.3 Å². The topological polar surface area (TPSA) is 100 Å². The van der Waals surface area contributed by atoms with Crippen molar-refractivity contribution in [1.29, 1.82) is 0 Å². The number of nitrogens with one attached hydrogen (secondary N) is 1. The Balaban J connectivity index is 1.53. The van der Waals surface area contributed by atoms with Crippen LogP contribution in [0.1, 0.15) is 43.5 Å². The first-order valence-electron chi connectivity index (χ1n) is 9.87. The third kappa shape index (κ3) is 5.00. The number of rotatable bonds is 6. The van der Waals surface area contributed by atoms with Crippen LogP contribution in [0.2, 0.25) is 0 Å². The van der Waals surface area contributed by atoms with Gasteiger partial charge in [0.2, 0.25) is 5.91 Å². The highest BCUT2D eigenvalue weighted by Gasteiger charge is 2.34. The number of hydrogen-bond donors (Lipinski definition) is 2. The lowest BCUT2D eigenvalue weighted by Crippen LogP contribution is -2.51. The fourth-order valence-corrected chi connectivity index (χ4v) is 3.52. The molecule has 0 saturated heterocycles. The third-order valence-corrected chi connectivity index (χ3v) is 5.34. The van der Waals surface area contributed by atoms with E-state index >= 15 is 0 Å². The molecule has 156 valence electrons. The fraction of sp³-hybridized carbons (Fsp3) is 0.524. The lowest BCUT2D eigenvalue weighted by molar-refractivity contribution is -0.145. The molecule has 2 N–H and O–H groups in total. The molecule has 1 aromatic heterocycles. The van der Waals surface area contributed by atoms with Gasteiger partial charge >= 0.3 is 5.97 Å². The van der Waals surface area contributed by atoms with Crippen LogP contribution in [-0.4, -0.2) is 55.8 Å². The van der Waals surface area contributed by atoms with Crippen LogP contribution in [0.4, 0.5) is 0 Å². The fourth-order valence-electron chi connectivity index (χ4n) is 3.52. The van der Waals surface area contributed by atoms with Crippen molar-refractivity contribution in [2.24, 2.45) is 0 Å². The molecule has 1 aromatic carbocycles. The van der Waals surface area contributed by atoms with Gasteiger partial charge in [-0.3, -0.25) is 14.5 Å². The lowest BCUT2D eigenvalue weighted by Gasteiger charge is -2.32. The van der Waals surface area contributed by atoms with Crippen LogP contribution in [0.3, 0.4) is 0 Å². The van der Waals surface area contributed by atoms with Crippen molar-refractivity contribution in [3.8, 4) is 0 Å². The molecule has 8 heteroatoms. The van der Waals surface area contributed by atoms with E-state index in [2.05, 4.69) is 60.6 Å². The minimum atomic E-state index is -0.949. The predicted octanol–water partition coefficient (Wildman–Crippen LogP) is 1.51. The summed E-state index contributed by atoms with van der Waals surface area (Å²) in [6.07, 6.45) is 0.728. The van der Waals surface area contributed by atoms with Crippen LogP contribution in [-0.2, 0) is 34.5 Å². The molecule has 1 unspecified atom stereocenters.